The quantitative estimate of drug-likeness (QED) is 0.505. The molecule has 4 heteroatoms. The first kappa shape index (κ1) is 15.3. The van der Waals surface area contributed by atoms with Gasteiger partial charge in [-0.1, -0.05) is 66.7 Å². The van der Waals surface area contributed by atoms with Gasteiger partial charge in [0.05, 0.1) is 0 Å². The second-order valence-electron chi connectivity index (χ2n) is 4.99. The third-order valence-electron chi connectivity index (χ3n) is 3.63. The Morgan fingerprint density at radius 3 is 1.79 bits per heavy atom. The van der Waals surface area contributed by atoms with Crippen LogP contribution >= 0.6 is 0 Å². The summed E-state index contributed by atoms with van der Waals surface area (Å²) >= 11 is 0. The van der Waals surface area contributed by atoms with Crippen molar-refractivity contribution in [2.24, 2.45) is 9.98 Å². The Morgan fingerprint density at radius 1 is 0.625 bits per heavy atom. The van der Waals surface area contributed by atoms with E-state index in [1.165, 1.54) is 6.08 Å². The van der Waals surface area contributed by atoms with Gasteiger partial charge in [-0.25, -0.2) is 9.59 Å². The summed E-state index contributed by atoms with van der Waals surface area (Å²) in [5.41, 5.74) is 4.05. The van der Waals surface area contributed by atoms with Crippen molar-refractivity contribution >= 4 is 23.5 Å². The molecule has 0 unspecified atom stereocenters. The molecule has 3 aromatic rings. The molecule has 0 aromatic heterocycles. The smallest absolute Gasteiger partial charge is 0.211 e. The van der Waals surface area contributed by atoms with Crippen molar-refractivity contribution in [3.05, 3.63) is 72.8 Å². The summed E-state index contributed by atoms with van der Waals surface area (Å²) in [6, 6.07) is 22.8. The zero-order chi connectivity index (χ0) is 16.8. The molecule has 4 nitrogen and oxygen atoms in total. The highest BCUT2D eigenvalue weighted by atomic mass is 16.1. The number of hydrogen-bond donors (Lipinski definition) is 0. The van der Waals surface area contributed by atoms with Crippen LogP contribution in [-0.4, -0.2) is 12.2 Å². The lowest BCUT2D eigenvalue weighted by atomic mass is 9.92. The third-order valence-corrected chi connectivity index (χ3v) is 3.63. The molecule has 0 aliphatic carbocycles. The number of carbonyl (C=O) groups excluding carboxylic acids is 2. The topological polar surface area (TPSA) is 58.9 Å². The zero-order valence-electron chi connectivity index (χ0n) is 12.6. The van der Waals surface area contributed by atoms with Crippen molar-refractivity contribution in [1.82, 2.24) is 0 Å². The molecule has 24 heavy (non-hydrogen) atoms. The normalized spacial score (nSPS) is 9.67. The third kappa shape index (κ3) is 2.96. The van der Waals surface area contributed by atoms with E-state index in [-0.39, 0.29) is 5.69 Å². The van der Waals surface area contributed by atoms with E-state index in [4.69, 9.17) is 0 Å². The lowest BCUT2D eigenvalue weighted by Crippen LogP contribution is -1.87. The first-order valence-electron chi connectivity index (χ1n) is 7.28. The molecule has 0 heterocycles. The van der Waals surface area contributed by atoms with Gasteiger partial charge in [-0.05, 0) is 22.8 Å². The van der Waals surface area contributed by atoms with Crippen LogP contribution in [-0.2, 0) is 9.59 Å². The monoisotopic (exact) mass is 312 g/mol. The van der Waals surface area contributed by atoms with Crippen LogP contribution in [0.25, 0.3) is 22.3 Å². The van der Waals surface area contributed by atoms with Gasteiger partial charge in [0.25, 0.3) is 0 Å². The van der Waals surface area contributed by atoms with Crippen molar-refractivity contribution in [1.29, 1.82) is 0 Å². The standard InChI is InChI=1S/C20H12N2O2/c23-13-21-18-12-11-17(15-7-3-1-4-8-15)19(20(18)22-14-24)16-9-5-2-6-10-16/h1-12H. The molecule has 0 fully saturated rings. The second kappa shape index (κ2) is 7.12. The predicted octanol–water partition coefficient (Wildman–Crippen LogP) is 4.96. The fourth-order valence-corrected chi connectivity index (χ4v) is 2.63. The van der Waals surface area contributed by atoms with Crippen molar-refractivity contribution < 1.29 is 9.59 Å². The Labute approximate surface area is 138 Å². The average Bonchev–Trinajstić information content (AvgIpc) is 2.64. The summed E-state index contributed by atoms with van der Waals surface area (Å²) in [5, 5.41) is 0. The highest BCUT2D eigenvalue weighted by Crippen LogP contribution is 2.44. The molecule has 0 atom stereocenters. The molecular formula is C20H12N2O2. The Bertz CT molecular complexity index is 954. The highest BCUT2D eigenvalue weighted by molar-refractivity contribution is 5.96. The van der Waals surface area contributed by atoms with Crippen LogP contribution < -0.4 is 0 Å². The Balaban J connectivity index is 2.41. The summed E-state index contributed by atoms with van der Waals surface area (Å²) < 4.78 is 0. The van der Waals surface area contributed by atoms with Crippen molar-refractivity contribution in [3.8, 4) is 22.3 Å². The van der Waals surface area contributed by atoms with E-state index in [1.807, 2.05) is 66.7 Å². The van der Waals surface area contributed by atoms with Crippen LogP contribution in [0.4, 0.5) is 11.4 Å². The molecule has 0 spiro atoms. The lowest BCUT2D eigenvalue weighted by molar-refractivity contribution is 0.564. The molecule has 0 aliphatic rings. The van der Waals surface area contributed by atoms with Gasteiger partial charge in [-0.15, -0.1) is 0 Å². The number of nitrogens with zero attached hydrogens (tertiary/aromatic N) is 2. The highest BCUT2D eigenvalue weighted by Gasteiger charge is 2.16. The summed E-state index contributed by atoms with van der Waals surface area (Å²) in [4.78, 5) is 29.1. The number of rotatable bonds is 4. The van der Waals surface area contributed by atoms with Gasteiger partial charge in [-0.2, -0.15) is 9.98 Å². The second-order valence-corrected chi connectivity index (χ2v) is 4.99. The molecule has 0 radical (unpaired) electrons. The number of benzene rings is 3. The molecule has 3 aromatic carbocycles. The maximum atomic E-state index is 10.9. The molecular weight excluding hydrogens is 300 g/mol. The van der Waals surface area contributed by atoms with Crippen LogP contribution in [0.15, 0.2) is 82.8 Å². The SMILES string of the molecule is O=C=Nc1ccc(-c2ccccc2)c(-c2ccccc2)c1N=C=O. The van der Waals surface area contributed by atoms with Crippen LogP contribution in [0, 0.1) is 0 Å². The number of isocyanates is 2. The molecule has 3 rings (SSSR count). The number of hydrogen-bond acceptors (Lipinski definition) is 4. The maximum absolute atomic E-state index is 10.9. The summed E-state index contributed by atoms with van der Waals surface area (Å²) in [6.45, 7) is 0. The van der Waals surface area contributed by atoms with E-state index >= 15 is 0 Å². The molecule has 0 N–H and O–H groups in total. The minimum Gasteiger partial charge on any atom is -0.211 e. The molecule has 0 aliphatic heterocycles. The van der Waals surface area contributed by atoms with Gasteiger partial charge in [0.2, 0.25) is 12.2 Å². The first-order chi connectivity index (χ1) is 11.8. The van der Waals surface area contributed by atoms with Gasteiger partial charge in [0.1, 0.15) is 11.4 Å². The summed E-state index contributed by atoms with van der Waals surface area (Å²) in [6.07, 6.45) is 3.06. The Morgan fingerprint density at radius 2 is 1.21 bits per heavy atom. The Hall–Kier alpha value is -3.58. The van der Waals surface area contributed by atoms with E-state index < -0.39 is 0 Å². The zero-order valence-corrected chi connectivity index (χ0v) is 12.6. The van der Waals surface area contributed by atoms with Crippen molar-refractivity contribution in [3.63, 3.8) is 0 Å². The van der Waals surface area contributed by atoms with E-state index in [0.29, 0.717) is 5.69 Å². The molecule has 0 saturated carbocycles. The predicted molar refractivity (Wildman–Crippen MR) is 92.9 cm³/mol. The fraction of sp³-hybridized carbons (Fsp3) is 0. The lowest BCUT2D eigenvalue weighted by Gasteiger charge is -2.14. The molecule has 0 bridgehead atoms. The first-order valence-corrected chi connectivity index (χ1v) is 7.28. The maximum Gasteiger partial charge on any atom is 0.240 e. The van der Waals surface area contributed by atoms with Crippen molar-refractivity contribution in [2.45, 2.75) is 0 Å². The van der Waals surface area contributed by atoms with Gasteiger partial charge in [-0.3, -0.25) is 0 Å². The van der Waals surface area contributed by atoms with Crippen LogP contribution in [0.5, 0.6) is 0 Å². The number of aliphatic imine (C=N–C) groups is 2. The van der Waals surface area contributed by atoms with E-state index in [0.717, 1.165) is 22.3 Å². The minimum absolute atomic E-state index is 0.284. The summed E-state index contributed by atoms with van der Waals surface area (Å²) in [5.74, 6) is 0. The van der Waals surface area contributed by atoms with E-state index in [1.54, 1.807) is 12.1 Å². The van der Waals surface area contributed by atoms with Crippen LogP contribution in [0.2, 0.25) is 0 Å². The van der Waals surface area contributed by atoms with Gasteiger partial charge < -0.3 is 0 Å². The van der Waals surface area contributed by atoms with Crippen LogP contribution in [0.3, 0.4) is 0 Å². The molecule has 0 saturated heterocycles. The van der Waals surface area contributed by atoms with Gasteiger partial charge in [0, 0.05) is 5.56 Å². The van der Waals surface area contributed by atoms with Gasteiger partial charge in [0.15, 0.2) is 0 Å². The Kier molecular flexibility index (Phi) is 4.55. The van der Waals surface area contributed by atoms with E-state index in [2.05, 4.69) is 9.98 Å². The van der Waals surface area contributed by atoms with Crippen molar-refractivity contribution in [2.75, 3.05) is 0 Å². The van der Waals surface area contributed by atoms with Gasteiger partial charge >= 0.3 is 0 Å². The van der Waals surface area contributed by atoms with Crippen LogP contribution in [0.1, 0.15) is 0 Å². The summed E-state index contributed by atoms with van der Waals surface area (Å²) in [7, 11) is 0. The average molecular weight is 312 g/mol. The van der Waals surface area contributed by atoms with E-state index in [9.17, 15) is 9.59 Å². The fourth-order valence-electron chi connectivity index (χ4n) is 2.63. The minimum atomic E-state index is 0.284. The molecule has 114 valence electrons. The molecule has 0 amide bonds. The largest absolute Gasteiger partial charge is 0.240 e.